The summed E-state index contributed by atoms with van der Waals surface area (Å²) in [4.78, 5) is 11.4. The van der Waals surface area contributed by atoms with Crippen molar-refractivity contribution in [2.24, 2.45) is 0 Å². The molecule has 0 bridgehead atoms. The predicted molar refractivity (Wildman–Crippen MR) is 50.8 cm³/mol. The average molecular weight is 251 g/mol. The lowest BCUT2D eigenvalue weighted by atomic mass is 10.2. The minimum absolute atomic E-state index is 0.101. The van der Waals surface area contributed by atoms with Gasteiger partial charge in [-0.1, -0.05) is 0 Å². The molecule has 16 heavy (non-hydrogen) atoms. The highest BCUT2D eigenvalue weighted by molar-refractivity contribution is 7.10. The van der Waals surface area contributed by atoms with Crippen molar-refractivity contribution >= 4 is 17.2 Å². The Morgan fingerprint density at radius 2 is 2.25 bits per heavy atom. The maximum atomic E-state index is 12.0. The zero-order valence-corrected chi connectivity index (χ0v) is 8.73. The van der Waals surface area contributed by atoms with Crippen molar-refractivity contribution in [2.75, 3.05) is 0 Å². The largest absolute Gasteiger partial charge is 0.471 e. The van der Waals surface area contributed by atoms with Crippen LogP contribution in [0.4, 0.5) is 13.2 Å². The van der Waals surface area contributed by atoms with E-state index < -0.39 is 24.2 Å². The summed E-state index contributed by atoms with van der Waals surface area (Å²) < 4.78 is 36.1. The molecule has 0 spiro atoms. The standard InChI is InChI=1S/C9H8F3NO2S/c10-9(11,12)8(15)13-5-3-6(14)7-4(5)1-2-16-7/h1-2,5-6,14H,3H2,(H,13,15)/t5-,6-/m1/s1. The van der Waals surface area contributed by atoms with Crippen LogP contribution in [0.25, 0.3) is 0 Å². The van der Waals surface area contributed by atoms with Crippen molar-refractivity contribution in [2.45, 2.75) is 24.7 Å². The van der Waals surface area contributed by atoms with Crippen molar-refractivity contribution in [1.29, 1.82) is 0 Å². The number of alkyl halides is 3. The summed E-state index contributed by atoms with van der Waals surface area (Å²) in [5.74, 6) is -1.97. The Morgan fingerprint density at radius 3 is 2.88 bits per heavy atom. The Bertz CT molecular complexity index is 415. The van der Waals surface area contributed by atoms with Crippen molar-refractivity contribution in [3.05, 3.63) is 21.9 Å². The van der Waals surface area contributed by atoms with Gasteiger partial charge in [0.25, 0.3) is 0 Å². The van der Waals surface area contributed by atoms with Crippen LogP contribution in [0.15, 0.2) is 11.4 Å². The van der Waals surface area contributed by atoms with E-state index in [0.717, 1.165) is 0 Å². The van der Waals surface area contributed by atoms with E-state index in [0.29, 0.717) is 10.4 Å². The lowest BCUT2D eigenvalue weighted by Crippen LogP contribution is -2.38. The number of nitrogens with one attached hydrogen (secondary N) is 1. The van der Waals surface area contributed by atoms with Gasteiger partial charge in [-0.3, -0.25) is 4.79 Å². The molecule has 7 heteroatoms. The Morgan fingerprint density at radius 1 is 1.56 bits per heavy atom. The van der Waals surface area contributed by atoms with Gasteiger partial charge in [0.15, 0.2) is 0 Å². The highest BCUT2D eigenvalue weighted by Crippen LogP contribution is 2.42. The van der Waals surface area contributed by atoms with Gasteiger partial charge in [0, 0.05) is 11.3 Å². The van der Waals surface area contributed by atoms with Crippen molar-refractivity contribution in [3.8, 4) is 0 Å². The molecule has 2 atom stereocenters. The molecule has 0 radical (unpaired) electrons. The fourth-order valence-corrected chi connectivity index (χ4v) is 2.68. The van der Waals surface area contributed by atoms with Crippen molar-refractivity contribution in [1.82, 2.24) is 5.32 Å². The summed E-state index contributed by atoms with van der Waals surface area (Å²) in [7, 11) is 0. The van der Waals surface area contributed by atoms with Crippen LogP contribution in [0.5, 0.6) is 0 Å². The molecule has 1 heterocycles. The van der Waals surface area contributed by atoms with Gasteiger partial charge >= 0.3 is 12.1 Å². The second-order valence-electron chi connectivity index (χ2n) is 3.52. The summed E-state index contributed by atoms with van der Waals surface area (Å²) in [6.45, 7) is 0. The molecule has 1 aliphatic rings. The molecule has 2 N–H and O–H groups in total. The smallest absolute Gasteiger partial charge is 0.387 e. The minimum atomic E-state index is -4.89. The van der Waals surface area contributed by atoms with Crippen LogP contribution in [0, 0.1) is 0 Å². The molecule has 88 valence electrons. The molecule has 0 aliphatic heterocycles. The normalized spacial score (nSPS) is 24.2. The van der Waals surface area contributed by atoms with Crippen LogP contribution < -0.4 is 5.32 Å². The number of carbonyl (C=O) groups is 1. The van der Waals surface area contributed by atoms with Crippen LogP contribution in [-0.4, -0.2) is 17.2 Å². The summed E-state index contributed by atoms with van der Waals surface area (Å²) in [5.41, 5.74) is 0.579. The second kappa shape index (κ2) is 3.74. The molecule has 1 aromatic heterocycles. The number of carbonyl (C=O) groups excluding carboxylic acids is 1. The maximum Gasteiger partial charge on any atom is 0.471 e. The SMILES string of the molecule is O=C(N[C@@H]1C[C@@H](O)c2sccc21)C(F)(F)F. The molecule has 0 saturated heterocycles. The fourth-order valence-electron chi connectivity index (χ4n) is 1.72. The fraction of sp³-hybridized carbons (Fsp3) is 0.444. The average Bonchev–Trinajstić information content (AvgIpc) is 2.70. The van der Waals surface area contributed by atoms with Gasteiger partial charge in [0.2, 0.25) is 0 Å². The van der Waals surface area contributed by atoms with Crippen molar-refractivity contribution < 1.29 is 23.1 Å². The molecule has 1 aromatic rings. The molecule has 1 aliphatic carbocycles. The van der Waals surface area contributed by atoms with E-state index in [1.165, 1.54) is 11.3 Å². The minimum Gasteiger partial charge on any atom is -0.387 e. The van der Waals surface area contributed by atoms with Crippen LogP contribution in [0.1, 0.15) is 29.0 Å². The molecule has 0 unspecified atom stereocenters. The number of aliphatic hydroxyl groups is 1. The molecule has 0 fully saturated rings. The lowest BCUT2D eigenvalue weighted by molar-refractivity contribution is -0.174. The van der Waals surface area contributed by atoms with E-state index in [-0.39, 0.29) is 6.42 Å². The number of aliphatic hydroxyl groups excluding tert-OH is 1. The third-order valence-corrected chi connectivity index (χ3v) is 3.46. The van der Waals surface area contributed by atoms with E-state index in [9.17, 15) is 23.1 Å². The Labute approximate surface area is 92.9 Å². The Hall–Kier alpha value is -1.08. The number of hydrogen-bond donors (Lipinski definition) is 2. The zero-order chi connectivity index (χ0) is 11.9. The zero-order valence-electron chi connectivity index (χ0n) is 7.91. The van der Waals surface area contributed by atoms with Gasteiger partial charge in [0.1, 0.15) is 0 Å². The molecule has 1 amide bonds. The third kappa shape index (κ3) is 1.92. The first-order chi connectivity index (χ1) is 7.39. The number of halogens is 3. The molecule has 3 nitrogen and oxygen atoms in total. The van der Waals surface area contributed by atoms with E-state index in [1.54, 1.807) is 11.4 Å². The number of amides is 1. The maximum absolute atomic E-state index is 12.0. The van der Waals surface area contributed by atoms with Crippen LogP contribution >= 0.6 is 11.3 Å². The van der Waals surface area contributed by atoms with Crippen LogP contribution in [-0.2, 0) is 4.79 Å². The molecule has 0 saturated carbocycles. The first kappa shape index (κ1) is 11.4. The van der Waals surface area contributed by atoms with E-state index in [2.05, 4.69) is 0 Å². The van der Waals surface area contributed by atoms with E-state index in [4.69, 9.17) is 0 Å². The van der Waals surface area contributed by atoms with Crippen LogP contribution in [0.2, 0.25) is 0 Å². The topological polar surface area (TPSA) is 49.3 Å². The monoisotopic (exact) mass is 251 g/mol. The Balaban J connectivity index is 2.12. The summed E-state index contributed by atoms with van der Waals surface area (Å²) in [6, 6.07) is 0.878. The van der Waals surface area contributed by atoms with Gasteiger partial charge in [-0.05, 0) is 17.0 Å². The van der Waals surface area contributed by atoms with Gasteiger partial charge in [-0.25, -0.2) is 0 Å². The van der Waals surface area contributed by atoms with Crippen LogP contribution in [0.3, 0.4) is 0 Å². The number of rotatable bonds is 1. The first-order valence-electron chi connectivity index (χ1n) is 4.52. The quantitative estimate of drug-likeness (QED) is 0.801. The van der Waals surface area contributed by atoms with Crippen molar-refractivity contribution in [3.63, 3.8) is 0 Å². The third-order valence-electron chi connectivity index (χ3n) is 2.43. The van der Waals surface area contributed by atoms with E-state index in [1.807, 2.05) is 5.32 Å². The van der Waals surface area contributed by atoms with Gasteiger partial charge in [-0.2, -0.15) is 13.2 Å². The Kier molecular flexibility index (Phi) is 2.67. The summed E-state index contributed by atoms with van der Waals surface area (Å²) >= 11 is 1.28. The molecule has 0 aromatic carbocycles. The summed E-state index contributed by atoms with van der Waals surface area (Å²) in [6.07, 6.45) is -5.57. The highest BCUT2D eigenvalue weighted by Gasteiger charge is 2.42. The second-order valence-corrected chi connectivity index (χ2v) is 4.46. The highest BCUT2D eigenvalue weighted by atomic mass is 32.1. The van der Waals surface area contributed by atoms with Gasteiger partial charge < -0.3 is 10.4 Å². The number of hydrogen-bond acceptors (Lipinski definition) is 3. The number of thiophene rings is 1. The summed E-state index contributed by atoms with van der Waals surface area (Å²) in [5, 5.41) is 13.1. The first-order valence-corrected chi connectivity index (χ1v) is 5.40. The van der Waals surface area contributed by atoms with Gasteiger partial charge in [0.05, 0.1) is 12.1 Å². The lowest BCUT2D eigenvalue weighted by Gasteiger charge is -2.14. The molecular weight excluding hydrogens is 243 g/mol. The molecule has 2 rings (SSSR count). The molecular formula is C9H8F3NO2S. The van der Waals surface area contributed by atoms with E-state index >= 15 is 0 Å². The predicted octanol–water partition coefficient (Wildman–Crippen LogP) is 1.90. The van der Waals surface area contributed by atoms with Gasteiger partial charge in [-0.15, -0.1) is 11.3 Å². The number of fused-ring (bicyclic) bond motifs is 1.